The lowest BCUT2D eigenvalue weighted by Crippen LogP contribution is -2.04. The molecule has 2 rings (SSSR count). The summed E-state index contributed by atoms with van der Waals surface area (Å²) in [6.45, 7) is 0. The second-order valence-corrected chi connectivity index (χ2v) is 5.49. The minimum Gasteiger partial charge on any atom is -0.288 e. The molecule has 20 heavy (non-hydrogen) atoms. The molecule has 0 unspecified atom stereocenters. The number of nitro groups is 1. The Hall–Kier alpha value is -1.43. The summed E-state index contributed by atoms with van der Waals surface area (Å²) in [4.78, 5) is 22.7. The van der Waals surface area contributed by atoms with Crippen molar-refractivity contribution < 1.29 is 9.72 Å². The van der Waals surface area contributed by atoms with E-state index in [0.717, 1.165) is 6.07 Å². The number of nitrogens with zero attached hydrogens (tertiary/aromatic N) is 1. The minimum absolute atomic E-state index is 0.0286. The van der Waals surface area contributed by atoms with Crippen molar-refractivity contribution in [2.45, 2.75) is 0 Å². The Labute approximate surface area is 132 Å². The zero-order chi connectivity index (χ0) is 14.9. The van der Waals surface area contributed by atoms with Gasteiger partial charge in [-0.05, 0) is 28.1 Å². The largest absolute Gasteiger partial charge is 0.288 e. The monoisotopic (exact) mass is 373 g/mol. The van der Waals surface area contributed by atoms with Gasteiger partial charge in [-0.1, -0.05) is 35.3 Å². The number of ketones is 1. The van der Waals surface area contributed by atoms with Crippen molar-refractivity contribution >= 4 is 50.6 Å². The molecule has 0 amide bonds. The summed E-state index contributed by atoms with van der Waals surface area (Å²) in [6, 6.07) is 8.82. The first-order valence-corrected chi connectivity index (χ1v) is 6.89. The van der Waals surface area contributed by atoms with Gasteiger partial charge in [0.25, 0.3) is 5.69 Å². The predicted octanol–water partition coefficient (Wildman–Crippen LogP) is 4.90. The van der Waals surface area contributed by atoms with Gasteiger partial charge in [0, 0.05) is 27.7 Å². The summed E-state index contributed by atoms with van der Waals surface area (Å²) < 4.78 is 0.281. The number of non-ortho nitro benzene ring substituents is 1. The summed E-state index contributed by atoms with van der Waals surface area (Å²) in [5.74, 6) is -0.468. The lowest BCUT2D eigenvalue weighted by Gasteiger charge is -2.07. The highest BCUT2D eigenvalue weighted by molar-refractivity contribution is 9.10. The molecule has 7 heteroatoms. The number of carbonyl (C=O) groups is 1. The Morgan fingerprint density at radius 2 is 1.80 bits per heavy atom. The van der Waals surface area contributed by atoms with Gasteiger partial charge in [0.05, 0.1) is 15.0 Å². The molecule has 0 saturated heterocycles. The van der Waals surface area contributed by atoms with Crippen LogP contribution in [0.3, 0.4) is 0 Å². The number of halogens is 3. The number of hydrogen-bond acceptors (Lipinski definition) is 3. The van der Waals surface area contributed by atoms with E-state index in [1.54, 1.807) is 18.2 Å². The molecule has 0 N–H and O–H groups in total. The lowest BCUT2D eigenvalue weighted by molar-refractivity contribution is -0.384. The van der Waals surface area contributed by atoms with Crippen LogP contribution in [0.15, 0.2) is 40.9 Å². The molecule has 0 bridgehead atoms. The Kier molecular flexibility index (Phi) is 4.42. The molecule has 0 fully saturated rings. The first kappa shape index (κ1) is 15.0. The van der Waals surface area contributed by atoms with Crippen LogP contribution in [0.4, 0.5) is 5.69 Å². The molecular formula is C13H6BrCl2NO3. The van der Waals surface area contributed by atoms with Crippen molar-refractivity contribution in [3.63, 3.8) is 0 Å². The SMILES string of the molecule is O=C(c1ccccc1Cl)c1cc([N+](=O)[O-])cc(Br)c1Cl. The molecule has 0 heterocycles. The maximum absolute atomic E-state index is 12.4. The van der Waals surface area contributed by atoms with Crippen LogP contribution in [-0.4, -0.2) is 10.7 Å². The Bertz CT molecular complexity index is 719. The van der Waals surface area contributed by atoms with Gasteiger partial charge in [-0.25, -0.2) is 0 Å². The third-order valence-electron chi connectivity index (χ3n) is 2.59. The van der Waals surface area contributed by atoms with Crippen molar-refractivity contribution in [2.75, 3.05) is 0 Å². The van der Waals surface area contributed by atoms with E-state index in [2.05, 4.69) is 15.9 Å². The van der Waals surface area contributed by atoms with Crippen molar-refractivity contribution in [1.29, 1.82) is 0 Å². The first-order chi connectivity index (χ1) is 9.41. The number of nitro benzene ring substituents is 1. The summed E-state index contributed by atoms with van der Waals surface area (Å²) in [5, 5.41) is 11.2. The van der Waals surface area contributed by atoms with Crippen LogP contribution in [0.1, 0.15) is 15.9 Å². The van der Waals surface area contributed by atoms with E-state index in [4.69, 9.17) is 23.2 Å². The van der Waals surface area contributed by atoms with Gasteiger partial charge in [-0.3, -0.25) is 14.9 Å². The normalized spacial score (nSPS) is 10.3. The molecule has 0 radical (unpaired) electrons. The molecule has 0 spiro atoms. The average Bonchev–Trinajstić information content (AvgIpc) is 2.41. The molecule has 0 saturated carbocycles. The zero-order valence-electron chi connectivity index (χ0n) is 9.77. The van der Waals surface area contributed by atoms with E-state index in [1.165, 1.54) is 12.1 Å². The molecule has 0 aliphatic carbocycles. The second-order valence-electron chi connectivity index (χ2n) is 3.86. The van der Waals surface area contributed by atoms with E-state index in [-0.39, 0.29) is 31.3 Å². The van der Waals surface area contributed by atoms with E-state index >= 15 is 0 Å². The summed E-state index contributed by atoms with van der Waals surface area (Å²) in [7, 11) is 0. The third-order valence-corrected chi connectivity index (χ3v) is 4.18. The van der Waals surface area contributed by atoms with E-state index < -0.39 is 10.7 Å². The van der Waals surface area contributed by atoms with Crippen LogP contribution in [0, 0.1) is 10.1 Å². The molecule has 0 aliphatic rings. The van der Waals surface area contributed by atoms with Crippen molar-refractivity contribution in [2.24, 2.45) is 0 Å². The van der Waals surface area contributed by atoms with E-state index in [1.807, 2.05) is 0 Å². The zero-order valence-corrected chi connectivity index (χ0v) is 12.9. The molecule has 0 atom stereocenters. The van der Waals surface area contributed by atoms with Gasteiger partial charge in [0.15, 0.2) is 5.78 Å². The number of carbonyl (C=O) groups excluding carboxylic acids is 1. The van der Waals surface area contributed by atoms with Crippen LogP contribution in [0.2, 0.25) is 10.0 Å². The van der Waals surface area contributed by atoms with Gasteiger partial charge in [-0.2, -0.15) is 0 Å². The summed E-state index contributed by atoms with van der Waals surface area (Å²) in [6.07, 6.45) is 0. The Balaban J connectivity index is 2.61. The van der Waals surface area contributed by atoms with E-state index in [0.29, 0.717) is 0 Å². The lowest BCUT2D eigenvalue weighted by atomic mass is 10.0. The topological polar surface area (TPSA) is 60.2 Å². The fourth-order valence-corrected chi connectivity index (χ4v) is 2.50. The fourth-order valence-electron chi connectivity index (χ4n) is 1.64. The molecule has 2 aromatic carbocycles. The van der Waals surface area contributed by atoms with Crippen LogP contribution in [0.5, 0.6) is 0 Å². The number of rotatable bonds is 3. The quantitative estimate of drug-likeness (QED) is 0.436. The maximum Gasteiger partial charge on any atom is 0.271 e. The standard InChI is InChI=1S/C13H6BrCl2NO3/c14-10-6-7(17(19)20)5-9(12(10)16)13(18)8-3-1-2-4-11(8)15/h1-6H. The third kappa shape index (κ3) is 2.85. The van der Waals surface area contributed by atoms with Gasteiger partial charge >= 0.3 is 0 Å². The highest BCUT2D eigenvalue weighted by Gasteiger charge is 2.21. The molecule has 0 aliphatic heterocycles. The number of benzene rings is 2. The molecule has 2 aromatic rings. The van der Waals surface area contributed by atoms with Crippen LogP contribution >= 0.6 is 39.1 Å². The fraction of sp³-hybridized carbons (Fsp3) is 0. The minimum atomic E-state index is -0.593. The summed E-state index contributed by atoms with van der Waals surface area (Å²) >= 11 is 15.1. The highest BCUT2D eigenvalue weighted by atomic mass is 79.9. The van der Waals surface area contributed by atoms with Crippen molar-refractivity contribution in [3.05, 3.63) is 72.2 Å². The molecule has 102 valence electrons. The average molecular weight is 375 g/mol. The van der Waals surface area contributed by atoms with Gasteiger partial charge < -0.3 is 0 Å². The van der Waals surface area contributed by atoms with Crippen LogP contribution in [-0.2, 0) is 0 Å². The maximum atomic E-state index is 12.4. The van der Waals surface area contributed by atoms with E-state index in [9.17, 15) is 14.9 Å². The first-order valence-electron chi connectivity index (χ1n) is 5.34. The van der Waals surface area contributed by atoms with Crippen LogP contribution in [0.25, 0.3) is 0 Å². The molecule has 4 nitrogen and oxygen atoms in total. The smallest absolute Gasteiger partial charge is 0.271 e. The van der Waals surface area contributed by atoms with Crippen LogP contribution < -0.4 is 0 Å². The Morgan fingerprint density at radius 3 is 2.40 bits per heavy atom. The number of hydrogen-bond donors (Lipinski definition) is 0. The van der Waals surface area contributed by atoms with Crippen molar-refractivity contribution in [1.82, 2.24) is 0 Å². The van der Waals surface area contributed by atoms with Gasteiger partial charge in [0.2, 0.25) is 0 Å². The second kappa shape index (κ2) is 5.91. The predicted molar refractivity (Wildman–Crippen MR) is 80.7 cm³/mol. The molecule has 0 aromatic heterocycles. The molecular weight excluding hydrogens is 369 g/mol. The van der Waals surface area contributed by atoms with Gasteiger partial charge in [0.1, 0.15) is 0 Å². The Morgan fingerprint density at radius 1 is 1.15 bits per heavy atom. The van der Waals surface area contributed by atoms with Crippen molar-refractivity contribution in [3.8, 4) is 0 Å². The summed E-state index contributed by atoms with van der Waals surface area (Å²) in [5.41, 5.74) is 0.0426. The van der Waals surface area contributed by atoms with Gasteiger partial charge in [-0.15, -0.1) is 0 Å². The highest BCUT2D eigenvalue weighted by Crippen LogP contribution is 2.33.